The monoisotopic (exact) mass is 214 g/mol. The minimum Gasteiger partial charge on any atom is -0.378 e. The zero-order chi connectivity index (χ0) is 11.5. The predicted molar refractivity (Wildman–Crippen MR) is 58.8 cm³/mol. The van der Waals surface area contributed by atoms with E-state index in [1.54, 1.807) is 12.1 Å². The van der Waals surface area contributed by atoms with Gasteiger partial charge in [0, 0.05) is 25.3 Å². The number of aromatic nitrogens is 2. The molecule has 2 aromatic rings. The van der Waals surface area contributed by atoms with Crippen LogP contribution in [0.1, 0.15) is 5.56 Å². The van der Waals surface area contributed by atoms with Crippen molar-refractivity contribution in [3.63, 3.8) is 0 Å². The van der Waals surface area contributed by atoms with Gasteiger partial charge in [0.05, 0.1) is 11.6 Å². The lowest BCUT2D eigenvalue weighted by Crippen LogP contribution is -2.08. The molecule has 0 unspecified atom stereocenters. The molecule has 0 saturated heterocycles. The van der Waals surface area contributed by atoms with Crippen LogP contribution in [0.3, 0.4) is 0 Å². The third-order valence-corrected chi connectivity index (χ3v) is 2.17. The molecule has 0 aliphatic carbocycles. The Labute approximate surface area is 92.9 Å². The molecule has 0 N–H and O–H groups in total. The van der Waals surface area contributed by atoms with Gasteiger partial charge in [-0.15, -0.1) is 0 Å². The van der Waals surface area contributed by atoms with Gasteiger partial charge < -0.3 is 9.42 Å². The highest BCUT2D eigenvalue weighted by atomic mass is 16.5. The number of nitriles is 1. The van der Waals surface area contributed by atoms with Gasteiger partial charge >= 0.3 is 0 Å². The Morgan fingerprint density at radius 3 is 2.69 bits per heavy atom. The third-order valence-electron chi connectivity index (χ3n) is 2.17. The van der Waals surface area contributed by atoms with Crippen LogP contribution >= 0.6 is 0 Å². The van der Waals surface area contributed by atoms with Crippen LogP contribution in [0.2, 0.25) is 0 Å². The predicted octanol–water partition coefficient (Wildman–Crippen LogP) is 1.67. The maximum absolute atomic E-state index is 8.93. The summed E-state index contributed by atoms with van der Waals surface area (Å²) >= 11 is 0. The first kappa shape index (κ1) is 10.2. The first-order chi connectivity index (χ1) is 7.70. The molecule has 0 bridgehead atoms. The SMILES string of the molecule is CN(C)c1cc(C#N)cc(-c2ncno2)c1. The fourth-order valence-corrected chi connectivity index (χ4v) is 1.36. The molecule has 1 aromatic heterocycles. The molecule has 16 heavy (non-hydrogen) atoms. The van der Waals surface area contributed by atoms with E-state index in [0.29, 0.717) is 11.5 Å². The molecular weight excluding hydrogens is 204 g/mol. The molecule has 0 saturated carbocycles. The standard InChI is InChI=1S/C11H10N4O/c1-15(2)10-4-8(6-12)3-9(5-10)11-13-7-14-16-11/h3-5,7H,1-2H3. The Hall–Kier alpha value is -2.35. The van der Waals surface area contributed by atoms with Gasteiger partial charge in [-0.1, -0.05) is 5.16 Å². The van der Waals surface area contributed by atoms with Crippen molar-refractivity contribution in [2.45, 2.75) is 0 Å². The van der Waals surface area contributed by atoms with E-state index in [9.17, 15) is 0 Å². The summed E-state index contributed by atoms with van der Waals surface area (Å²) < 4.78 is 4.96. The first-order valence-corrected chi connectivity index (χ1v) is 4.70. The van der Waals surface area contributed by atoms with Gasteiger partial charge in [-0.05, 0) is 18.2 Å². The van der Waals surface area contributed by atoms with Crippen LogP contribution in [-0.2, 0) is 0 Å². The lowest BCUT2D eigenvalue weighted by atomic mass is 10.1. The summed E-state index contributed by atoms with van der Waals surface area (Å²) in [4.78, 5) is 5.87. The molecule has 2 rings (SSSR count). The molecule has 0 fully saturated rings. The molecule has 1 aromatic carbocycles. The van der Waals surface area contributed by atoms with Gasteiger partial charge in [0.1, 0.15) is 0 Å². The highest BCUT2D eigenvalue weighted by Crippen LogP contribution is 2.24. The van der Waals surface area contributed by atoms with E-state index in [-0.39, 0.29) is 0 Å². The van der Waals surface area contributed by atoms with Crippen LogP contribution in [0.15, 0.2) is 29.0 Å². The Morgan fingerprint density at radius 2 is 2.12 bits per heavy atom. The van der Waals surface area contributed by atoms with Crippen molar-refractivity contribution in [1.29, 1.82) is 5.26 Å². The quantitative estimate of drug-likeness (QED) is 0.760. The van der Waals surface area contributed by atoms with Gasteiger partial charge in [-0.2, -0.15) is 10.2 Å². The van der Waals surface area contributed by atoms with E-state index in [2.05, 4.69) is 16.2 Å². The molecule has 5 nitrogen and oxygen atoms in total. The molecule has 0 aliphatic rings. The summed E-state index contributed by atoms with van der Waals surface area (Å²) in [5, 5.41) is 12.5. The van der Waals surface area contributed by atoms with Crippen LogP contribution in [0.25, 0.3) is 11.5 Å². The van der Waals surface area contributed by atoms with Crippen molar-refractivity contribution >= 4 is 5.69 Å². The third kappa shape index (κ3) is 1.86. The first-order valence-electron chi connectivity index (χ1n) is 4.70. The Balaban J connectivity index is 2.55. The summed E-state index contributed by atoms with van der Waals surface area (Å²) in [6.45, 7) is 0. The van der Waals surface area contributed by atoms with Crippen molar-refractivity contribution in [3.8, 4) is 17.5 Å². The molecule has 0 aliphatic heterocycles. The van der Waals surface area contributed by atoms with Crippen LogP contribution in [0, 0.1) is 11.3 Å². The number of hydrogen-bond donors (Lipinski definition) is 0. The topological polar surface area (TPSA) is 66.0 Å². The van der Waals surface area contributed by atoms with E-state index in [4.69, 9.17) is 9.78 Å². The Bertz CT molecular complexity index is 525. The van der Waals surface area contributed by atoms with Crippen LogP contribution < -0.4 is 4.90 Å². The molecular formula is C11H10N4O. The minimum atomic E-state index is 0.417. The average molecular weight is 214 g/mol. The van der Waals surface area contributed by atoms with Gasteiger partial charge in [0.2, 0.25) is 0 Å². The number of rotatable bonds is 2. The van der Waals surface area contributed by atoms with Crippen LogP contribution in [0.4, 0.5) is 5.69 Å². The Morgan fingerprint density at radius 1 is 1.31 bits per heavy atom. The van der Waals surface area contributed by atoms with Gasteiger partial charge in [0.15, 0.2) is 6.33 Å². The summed E-state index contributed by atoms with van der Waals surface area (Å²) in [7, 11) is 3.82. The molecule has 0 spiro atoms. The zero-order valence-corrected chi connectivity index (χ0v) is 9.01. The number of benzene rings is 1. The fourth-order valence-electron chi connectivity index (χ4n) is 1.36. The summed E-state index contributed by atoms with van der Waals surface area (Å²) in [5.41, 5.74) is 2.24. The number of hydrogen-bond acceptors (Lipinski definition) is 5. The van der Waals surface area contributed by atoms with Crippen molar-refractivity contribution in [2.24, 2.45) is 0 Å². The van der Waals surface area contributed by atoms with E-state index in [1.165, 1.54) is 6.33 Å². The summed E-state index contributed by atoms with van der Waals surface area (Å²) in [5.74, 6) is 0.417. The van der Waals surface area contributed by atoms with Gasteiger partial charge in [-0.25, -0.2) is 0 Å². The highest BCUT2D eigenvalue weighted by molar-refractivity contribution is 5.65. The second-order valence-corrected chi connectivity index (χ2v) is 3.52. The lowest BCUT2D eigenvalue weighted by Gasteiger charge is -2.13. The second kappa shape index (κ2) is 4.03. The molecule has 1 heterocycles. The van der Waals surface area contributed by atoms with Crippen LogP contribution in [-0.4, -0.2) is 24.2 Å². The second-order valence-electron chi connectivity index (χ2n) is 3.52. The fraction of sp³-hybridized carbons (Fsp3) is 0.182. The van der Waals surface area contributed by atoms with Gasteiger partial charge in [-0.3, -0.25) is 0 Å². The van der Waals surface area contributed by atoms with Crippen molar-refractivity contribution in [1.82, 2.24) is 10.1 Å². The maximum Gasteiger partial charge on any atom is 0.257 e. The summed E-state index contributed by atoms with van der Waals surface area (Å²) in [6, 6.07) is 7.53. The smallest absolute Gasteiger partial charge is 0.257 e. The van der Waals surface area contributed by atoms with E-state index < -0.39 is 0 Å². The number of nitrogens with zero attached hydrogens (tertiary/aromatic N) is 4. The number of anilines is 1. The highest BCUT2D eigenvalue weighted by Gasteiger charge is 2.08. The molecule has 0 atom stereocenters. The zero-order valence-electron chi connectivity index (χ0n) is 9.01. The van der Waals surface area contributed by atoms with Crippen molar-refractivity contribution in [3.05, 3.63) is 30.1 Å². The minimum absolute atomic E-state index is 0.417. The molecule has 5 heteroatoms. The lowest BCUT2D eigenvalue weighted by molar-refractivity contribution is 0.430. The van der Waals surface area contributed by atoms with E-state index in [0.717, 1.165) is 11.3 Å². The molecule has 0 amide bonds. The Kier molecular flexibility index (Phi) is 2.56. The molecule has 80 valence electrons. The van der Waals surface area contributed by atoms with E-state index in [1.807, 2.05) is 25.1 Å². The summed E-state index contributed by atoms with van der Waals surface area (Å²) in [6.07, 6.45) is 1.34. The van der Waals surface area contributed by atoms with Crippen LogP contribution in [0.5, 0.6) is 0 Å². The maximum atomic E-state index is 8.93. The average Bonchev–Trinajstić information content (AvgIpc) is 2.81. The van der Waals surface area contributed by atoms with E-state index >= 15 is 0 Å². The largest absolute Gasteiger partial charge is 0.378 e. The normalized spacial score (nSPS) is 9.81. The van der Waals surface area contributed by atoms with Crippen molar-refractivity contribution in [2.75, 3.05) is 19.0 Å². The van der Waals surface area contributed by atoms with Gasteiger partial charge in [0.25, 0.3) is 5.89 Å². The van der Waals surface area contributed by atoms with Crippen molar-refractivity contribution < 1.29 is 4.52 Å². The molecule has 0 radical (unpaired) electrons.